The lowest BCUT2D eigenvalue weighted by atomic mass is 9.98. The fourth-order valence-electron chi connectivity index (χ4n) is 6.11. The van der Waals surface area contributed by atoms with E-state index in [0.29, 0.717) is 36.8 Å². The maximum absolute atomic E-state index is 12.7. The Morgan fingerprint density at radius 1 is 0.640 bits per heavy atom. The number of carbonyl (C=O) groups is 2. The van der Waals surface area contributed by atoms with E-state index in [-0.39, 0.29) is 12.1 Å². The topological polar surface area (TPSA) is 124 Å². The number of hydrogen-bond acceptors (Lipinski definition) is 6. The van der Waals surface area contributed by atoms with Gasteiger partial charge in [-0.2, -0.15) is 26.3 Å². The summed E-state index contributed by atoms with van der Waals surface area (Å²) in [6.45, 7) is 2.78. The standard InChI is InChI=1S/2C18H17F3N2O2/c2*1-10(24)17(25)23-16-7-6-13-14(8-22-9-15(13)16)11-2-4-12(5-3-11)18(19,20)21/h2*2-5,8-10,16,24H,6-7H2,1H3,(H,23,25)/t2*10-,16?/m11/s1. The molecule has 0 saturated carbocycles. The van der Waals surface area contributed by atoms with Gasteiger partial charge in [0, 0.05) is 35.9 Å². The minimum Gasteiger partial charge on any atom is -0.384 e. The molecule has 8 nitrogen and oxygen atoms in total. The van der Waals surface area contributed by atoms with E-state index in [1.165, 1.54) is 38.1 Å². The van der Waals surface area contributed by atoms with Crippen molar-refractivity contribution in [2.75, 3.05) is 0 Å². The number of benzene rings is 2. The summed E-state index contributed by atoms with van der Waals surface area (Å²) in [7, 11) is 0. The van der Waals surface area contributed by atoms with Gasteiger partial charge < -0.3 is 20.8 Å². The lowest BCUT2D eigenvalue weighted by molar-refractivity contribution is -0.138. The van der Waals surface area contributed by atoms with Crippen LogP contribution in [-0.2, 0) is 34.8 Å². The zero-order valence-electron chi connectivity index (χ0n) is 26.9. The number of alkyl halides is 6. The SMILES string of the molecule is C[C@@H](O)C(=O)NC1CCc2c(-c3ccc(C(F)(F)F)cc3)cncc21.C[C@@H](O)C(=O)NC1CCc2c(-c3ccc(C(F)(F)F)cc3)cncc21. The largest absolute Gasteiger partial charge is 0.416 e. The first-order valence-electron chi connectivity index (χ1n) is 15.8. The number of hydrogen-bond donors (Lipinski definition) is 4. The third kappa shape index (κ3) is 8.13. The van der Waals surface area contributed by atoms with E-state index in [4.69, 9.17) is 0 Å². The summed E-state index contributed by atoms with van der Waals surface area (Å²) >= 11 is 0. The van der Waals surface area contributed by atoms with Crippen LogP contribution in [0.4, 0.5) is 26.3 Å². The molecule has 4 N–H and O–H groups in total. The number of aromatic nitrogens is 2. The maximum atomic E-state index is 12.7. The molecule has 264 valence electrons. The van der Waals surface area contributed by atoms with Crippen molar-refractivity contribution in [1.82, 2.24) is 20.6 Å². The summed E-state index contributed by atoms with van der Waals surface area (Å²) < 4.78 is 76.2. The number of aliphatic hydroxyl groups is 2. The second kappa shape index (κ2) is 14.6. The van der Waals surface area contributed by atoms with E-state index < -0.39 is 47.5 Å². The molecule has 0 radical (unpaired) electrons. The molecule has 0 bridgehead atoms. The highest BCUT2D eigenvalue weighted by Crippen LogP contribution is 2.40. The normalized spacial score (nSPS) is 17.9. The van der Waals surface area contributed by atoms with Crippen molar-refractivity contribution in [3.63, 3.8) is 0 Å². The molecule has 2 aromatic heterocycles. The van der Waals surface area contributed by atoms with Gasteiger partial charge in [0.15, 0.2) is 0 Å². The Kier molecular flexibility index (Phi) is 10.6. The molecule has 0 aliphatic heterocycles. The van der Waals surface area contributed by atoms with Gasteiger partial charge in [0.25, 0.3) is 0 Å². The molecule has 50 heavy (non-hydrogen) atoms. The molecule has 4 atom stereocenters. The van der Waals surface area contributed by atoms with Crippen molar-refractivity contribution in [3.8, 4) is 22.3 Å². The molecule has 6 rings (SSSR count). The van der Waals surface area contributed by atoms with Crippen LogP contribution in [0.5, 0.6) is 0 Å². The van der Waals surface area contributed by atoms with Crippen LogP contribution >= 0.6 is 0 Å². The lowest BCUT2D eigenvalue weighted by Crippen LogP contribution is -2.34. The number of amides is 2. The maximum Gasteiger partial charge on any atom is 0.416 e. The molecule has 0 spiro atoms. The first-order valence-corrected chi connectivity index (χ1v) is 15.8. The van der Waals surface area contributed by atoms with Crippen LogP contribution in [0.15, 0.2) is 73.3 Å². The van der Waals surface area contributed by atoms with E-state index >= 15 is 0 Å². The number of fused-ring (bicyclic) bond motifs is 2. The molecule has 2 aliphatic rings. The Morgan fingerprint density at radius 3 is 1.28 bits per heavy atom. The third-order valence-corrected chi connectivity index (χ3v) is 8.74. The molecular weight excluding hydrogens is 666 g/mol. The number of rotatable bonds is 6. The number of nitrogens with zero attached hydrogens (tertiary/aromatic N) is 2. The van der Waals surface area contributed by atoms with Gasteiger partial charge in [0.2, 0.25) is 11.8 Å². The number of aliphatic hydroxyl groups excluding tert-OH is 2. The smallest absolute Gasteiger partial charge is 0.384 e. The fourth-order valence-corrected chi connectivity index (χ4v) is 6.11. The van der Waals surface area contributed by atoms with Crippen molar-refractivity contribution < 1.29 is 46.1 Å². The van der Waals surface area contributed by atoms with Crippen LogP contribution in [0.2, 0.25) is 0 Å². The van der Waals surface area contributed by atoms with E-state index in [2.05, 4.69) is 20.6 Å². The highest BCUT2D eigenvalue weighted by atomic mass is 19.4. The molecule has 2 aliphatic carbocycles. The summed E-state index contributed by atoms with van der Waals surface area (Å²) in [5.41, 5.74) is 5.05. The summed E-state index contributed by atoms with van der Waals surface area (Å²) in [6, 6.07) is 9.44. The number of carbonyl (C=O) groups excluding carboxylic acids is 2. The second-order valence-electron chi connectivity index (χ2n) is 12.2. The highest BCUT2D eigenvalue weighted by Gasteiger charge is 2.33. The molecule has 14 heteroatoms. The summed E-state index contributed by atoms with van der Waals surface area (Å²) in [5.74, 6) is -0.921. The zero-order valence-corrected chi connectivity index (χ0v) is 26.9. The second-order valence-corrected chi connectivity index (χ2v) is 12.2. The summed E-state index contributed by atoms with van der Waals surface area (Å²) in [5, 5.41) is 24.2. The monoisotopic (exact) mass is 700 g/mol. The average Bonchev–Trinajstić information content (AvgIpc) is 3.68. The van der Waals surface area contributed by atoms with Crippen molar-refractivity contribution >= 4 is 11.8 Å². The molecule has 2 unspecified atom stereocenters. The van der Waals surface area contributed by atoms with Gasteiger partial charge >= 0.3 is 12.4 Å². The first-order chi connectivity index (χ1) is 23.5. The van der Waals surface area contributed by atoms with E-state index in [9.17, 15) is 46.1 Å². The highest BCUT2D eigenvalue weighted by molar-refractivity contribution is 5.81. The van der Waals surface area contributed by atoms with Crippen LogP contribution in [0.25, 0.3) is 22.3 Å². The number of nitrogens with one attached hydrogen (secondary N) is 2. The quantitative estimate of drug-likeness (QED) is 0.170. The van der Waals surface area contributed by atoms with Crippen LogP contribution in [-0.4, -0.2) is 44.2 Å². The van der Waals surface area contributed by atoms with Crippen molar-refractivity contribution in [1.29, 1.82) is 0 Å². The predicted molar refractivity (Wildman–Crippen MR) is 171 cm³/mol. The van der Waals surface area contributed by atoms with Gasteiger partial charge in [-0.1, -0.05) is 24.3 Å². The lowest BCUT2D eigenvalue weighted by Gasteiger charge is -2.16. The van der Waals surface area contributed by atoms with Gasteiger partial charge in [-0.3, -0.25) is 19.6 Å². The Morgan fingerprint density at radius 2 is 0.980 bits per heavy atom. The molecule has 2 amide bonds. The third-order valence-electron chi connectivity index (χ3n) is 8.74. The Hall–Kier alpha value is -4.82. The predicted octanol–water partition coefficient (Wildman–Crippen LogP) is 6.50. The van der Waals surface area contributed by atoms with E-state index in [1.54, 1.807) is 24.8 Å². The fraction of sp³-hybridized carbons (Fsp3) is 0.333. The summed E-state index contributed by atoms with van der Waals surface area (Å²) in [6.07, 6.45) is -1.70. The van der Waals surface area contributed by atoms with Crippen LogP contribution in [0.3, 0.4) is 0 Å². The molecule has 2 heterocycles. The van der Waals surface area contributed by atoms with Gasteiger partial charge in [0.1, 0.15) is 12.2 Å². The summed E-state index contributed by atoms with van der Waals surface area (Å²) in [4.78, 5) is 31.8. The van der Waals surface area contributed by atoms with Gasteiger partial charge in [-0.15, -0.1) is 0 Å². The van der Waals surface area contributed by atoms with Crippen molar-refractivity contribution in [3.05, 3.63) is 107 Å². The molecule has 0 fully saturated rings. The van der Waals surface area contributed by atoms with Gasteiger partial charge in [0.05, 0.1) is 23.2 Å². The zero-order chi connectivity index (χ0) is 36.4. The number of pyridine rings is 2. The molecule has 0 saturated heterocycles. The average molecular weight is 701 g/mol. The molecular formula is C36H34F6N4O4. The van der Waals surface area contributed by atoms with Crippen molar-refractivity contribution in [2.24, 2.45) is 0 Å². The van der Waals surface area contributed by atoms with Gasteiger partial charge in [-0.05, 0) is 97.2 Å². The molecule has 2 aromatic carbocycles. The van der Waals surface area contributed by atoms with Gasteiger partial charge in [-0.25, -0.2) is 0 Å². The molecule has 4 aromatic rings. The van der Waals surface area contributed by atoms with E-state index in [0.717, 1.165) is 57.6 Å². The minimum atomic E-state index is -4.37. The van der Waals surface area contributed by atoms with Crippen LogP contribution < -0.4 is 10.6 Å². The minimum absolute atomic E-state index is 0.251. The number of halogens is 6. The van der Waals surface area contributed by atoms with E-state index in [1.807, 2.05) is 0 Å². The Balaban J connectivity index is 0.000000194. The Bertz CT molecular complexity index is 1710. The Labute approximate surface area is 283 Å². The van der Waals surface area contributed by atoms with Crippen LogP contribution in [0.1, 0.15) is 72.2 Å². The van der Waals surface area contributed by atoms with Crippen LogP contribution in [0, 0.1) is 0 Å². The first kappa shape index (κ1) is 36.5. The van der Waals surface area contributed by atoms with Crippen molar-refractivity contribution in [2.45, 2.75) is 76.2 Å².